The number of nitrogen functional groups attached to an aromatic ring is 1. The van der Waals surface area contributed by atoms with Gasteiger partial charge in [0, 0.05) is 45.5 Å². The molecule has 0 unspecified atom stereocenters. The Morgan fingerprint density at radius 2 is 2.10 bits per heavy atom. The van der Waals surface area contributed by atoms with E-state index in [0.717, 1.165) is 37.4 Å². The second-order valence-electron chi connectivity index (χ2n) is 5.20. The third-order valence-electron chi connectivity index (χ3n) is 3.38. The van der Waals surface area contributed by atoms with E-state index in [4.69, 9.17) is 10.5 Å². The maximum absolute atomic E-state index is 11.8. The van der Waals surface area contributed by atoms with Gasteiger partial charge in [-0.2, -0.15) is 0 Å². The minimum absolute atomic E-state index is 0.0727. The molecule has 0 saturated heterocycles. The van der Waals surface area contributed by atoms with Crippen LogP contribution in [0.25, 0.3) is 0 Å². The van der Waals surface area contributed by atoms with Crippen LogP contribution in [-0.2, 0) is 16.0 Å². The first kappa shape index (κ1) is 17.5. The Kier molecular flexibility index (Phi) is 8.47. The second-order valence-corrected chi connectivity index (χ2v) is 5.20. The molecule has 0 atom stereocenters. The van der Waals surface area contributed by atoms with Crippen molar-refractivity contribution in [1.29, 1.82) is 0 Å². The van der Waals surface area contributed by atoms with Crippen LogP contribution in [0, 0.1) is 0 Å². The van der Waals surface area contributed by atoms with Crippen LogP contribution in [0.4, 0.5) is 5.69 Å². The second kappa shape index (κ2) is 10.2. The number of ether oxygens (including phenoxy) is 1. The molecule has 0 radical (unpaired) electrons. The van der Waals surface area contributed by atoms with Crippen LogP contribution in [0.5, 0.6) is 0 Å². The number of carbonyl (C=O) groups is 1. The summed E-state index contributed by atoms with van der Waals surface area (Å²) in [5.74, 6) is 0.0727. The van der Waals surface area contributed by atoms with Gasteiger partial charge in [0.15, 0.2) is 0 Å². The van der Waals surface area contributed by atoms with Crippen molar-refractivity contribution < 1.29 is 9.53 Å². The summed E-state index contributed by atoms with van der Waals surface area (Å²) in [5.41, 5.74) is 7.64. The van der Waals surface area contributed by atoms with E-state index in [1.54, 1.807) is 7.11 Å². The van der Waals surface area contributed by atoms with Crippen LogP contribution in [0.15, 0.2) is 24.3 Å². The smallest absolute Gasteiger partial charge is 0.220 e. The standard InChI is InChI=1S/C16H27N3O2/c1-19(11-5-13-21-2)12-10-18-16(20)9-8-14-6-3-4-7-15(14)17/h3-4,6-7H,5,8-13,17H2,1-2H3,(H,18,20). The van der Waals surface area contributed by atoms with E-state index < -0.39 is 0 Å². The zero-order chi connectivity index (χ0) is 15.5. The topological polar surface area (TPSA) is 67.6 Å². The third kappa shape index (κ3) is 7.68. The number of nitrogens with zero attached hydrogens (tertiary/aromatic N) is 1. The molecule has 21 heavy (non-hydrogen) atoms. The van der Waals surface area contributed by atoms with Gasteiger partial charge in [-0.25, -0.2) is 0 Å². The molecule has 3 N–H and O–H groups in total. The lowest BCUT2D eigenvalue weighted by Gasteiger charge is -2.16. The fourth-order valence-corrected chi connectivity index (χ4v) is 2.08. The summed E-state index contributed by atoms with van der Waals surface area (Å²) in [4.78, 5) is 14.0. The SMILES string of the molecule is COCCCN(C)CCNC(=O)CCc1ccccc1N. The molecule has 0 aliphatic rings. The summed E-state index contributed by atoms with van der Waals surface area (Å²) in [5, 5.41) is 2.94. The van der Waals surface area contributed by atoms with E-state index in [-0.39, 0.29) is 5.91 Å². The molecule has 5 nitrogen and oxygen atoms in total. The van der Waals surface area contributed by atoms with Gasteiger partial charge in [0.05, 0.1) is 0 Å². The number of benzene rings is 1. The van der Waals surface area contributed by atoms with Crippen molar-refractivity contribution >= 4 is 11.6 Å². The number of para-hydroxylation sites is 1. The predicted molar refractivity (Wildman–Crippen MR) is 86.2 cm³/mol. The van der Waals surface area contributed by atoms with E-state index in [1.165, 1.54) is 0 Å². The van der Waals surface area contributed by atoms with E-state index in [2.05, 4.69) is 10.2 Å². The Morgan fingerprint density at radius 3 is 2.81 bits per heavy atom. The number of aryl methyl sites for hydroxylation is 1. The van der Waals surface area contributed by atoms with Gasteiger partial charge in [-0.15, -0.1) is 0 Å². The molecule has 1 amide bonds. The normalized spacial score (nSPS) is 10.8. The number of nitrogens with two attached hydrogens (primary N) is 1. The fourth-order valence-electron chi connectivity index (χ4n) is 2.08. The molecule has 0 heterocycles. The number of carbonyl (C=O) groups excluding carboxylic acids is 1. The van der Waals surface area contributed by atoms with E-state index in [9.17, 15) is 4.79 Å². The van der Waals surface area contributed by atoms with Crippen LogP contribution in [0.2, 0.25) is 0 Å². The van der Waals surface area contributed by atoms with Gasteiger partial charge in [-0.3, -0.25) is 4.79 Å². The summed E-state index contributed by atoms with van der Waals surface area (Å²) in [6.45, 7) is 3.27. The third-order valence-corrected chi connectivity index (χ3v) is 3.38. The summed E-state index contributed by atoms with van der Waals surface area (Å²) >= 11 is 0. The van der Waals surface area contributed by atoms with Crippen molar-refractivity contribution in [2.75, 3.05) is 46.1 Å². The van der Waals surface area contributed by atoms with Crippen molar-refractivity contribution in [3.05, 3.63) is 29.8 Å². The number of anilines is 1. The van der Waals surface area contributed by atoms with Gasteiger partial charge in [0.25, 0.3) is 0 Å². The molecule has 0 bridgehead atoms. The summed E-state index contributed by atoms with van der Waals surface area (Å²) in [6, 6.07) is 7.67. The minimum Gasteiger partial charge on any atom is -0.399 e. The highest BCUT2D eigenvalue weighted by atomic mass is 16.5. The molecule has 0 spiro atoms. The number of nitrogens with one attached hydrogen (secondary N) is 1. The van der Waals surface area contributed by atoms with Crippen LogP contribution in [0.1, 0.15) is 18.4 Å². The molecular formula is C16H27N3O2. The number of hydrogen-bond donors (Lipinski definition) is 2. The number of amides is 1. The summed E-state index contributed by atoms with van der Waals surface area (Å²) in [6.07, 6.45) is 2.16. The maximum Gasteiger partial charge on any atom is 0.220 e. The molecule has 0 fully saturated rings. The lowest BCUT2D eigenvalue weighted by molar-refractivity contribution is -0.121. The number of methoxy groups -OCH3 is 1. The predicted octanol–water partition coefficient (Wildman–Crippen LogP) is 1.29. The first-order valence-corrected chi connectivity index (χ1v) is 7.41. The zero-order valence-corrected chi connectivity index (χ0v) is 13.1. The van der Waals surface area contributed by atoms with Gasteiger partial charge in [-0.05, 0) is 31.5 Å². The molecule has 0 aliphatic heterocycles. The highest BCUT2D eigenvalue weighted by Crippen LogP contribution is 2.12. The zero-order valence-electron chi connectivity index (χ0n) is 13.1. The van der Waals surface area contributed by atoms with Crippen molar-refractivity contribution in [3.8, 4) is 0 Å². The first-order chi connectivity index (χ1) is 10.1. The molecule has 5 heteroatoms. The van der Waals surface area contributed by atoms with E-state index in [1.807, 2.05) is 31.3 Å². The molecule has 0 aromatic heterocycles. The maximum atomic E-state index is 11.8. The highest BCUT2D eigenvalue weighted by Gasteiger charge is 2.04. The molecule has 0 saturated carbocycles. The summed E-state index contributed by atoms with van der Waals surface area (Å²) in [7, 11) is 3.76. The molecule has 1 rings (SSSR count). The molecule has 118 valence electrons. The van der Waals surface area contributed by atoms with Gasteiger partial charge in [0.1, 0.15) is 0 Å². The Hall–Kier alpha value is -1.59. The lowest BCUT2D eigenvalue weighted by Crippen LogP contribution is -2.33. The van der Waals surface area contributed by atoms with Crippen molar-refractivity contribution in [3.63, 3.8) is 0 Å². The van der Waals surface area contributed by atoms with Gasteiger partial charge in [0.2, 0.25) is 5.91 Å². The average molecular weight is 293 g/mol. The van der Waals surface area contributed by atoms with Gasteiger partial charge in [-0.1, -0.05) is 18.2 Å². The lowest BCUT2D eigenvalue weighted by atomic mass is 10.1. The molecule has 0 aliphatic carbocycles. The van der Waals surface area contributed by atoms with Crippen molar-refractivity contribution in [2.24, 2.45) is 0 Å². The quantitative estimate of drug-likeness (QED) is 0.504. The highest BCUT2D eigenvalue weighted by molar-refractivity contribution is 5.76. The number of hydrogen-bond acceptors (Lipinski definition) is 4. The first-order valence-electron chi connectivity index (χ1n) is 7.41. The molecule has 1 aromatic rings. The Labute approximate surface area is 127 Å². The van der Waals surface area contributed by atoms with Gasteiger partial charge >= 0.3 is 0 Å². The number of likely N-dealkylation sites (N-methyl/N-ethyl adjacent to an activating group) is 1. The van der Waals surface area contributed by atoms with Gasteiger partial charge < -0.3 is 20.7 Å². The number of rotatable bonds is 10. The largest absolute Gasteiger partial charge is 0.399 e. The van der Waals surface area contributed by atoms with E-state index in [0.29, 0.717) is 19.4 Å². The van der Waals surface area contributed by atoms with Crippen molar-refractivity contribution in [2.45, 2.75) is 19.3 Å². The Balaban J connectivity index is 2.13. The monoisotopic (exact) mass is 293 g/mol. The average Bonchev–Trinajstić information content (AvgIpc) is 2.47. The Bertz CT molecular complexity index is 424. The molecule has 1 aromatic carbocycles. The van der Waals surface area contributed by atoms with E-state index >= 15 is 0 Å². The van der Waals surface area contributed by atoms with Crippen LogP contribution >= 0.6 is 0 Å². The summed E-state index contributed by atoms with van der Waals surface area (Å²) < 4.78 is 5.01. The fraction of sp³-hybridized carbons (Fsp3) is 0.562. The van der Waals surface area contributed by atoms with Crippen LogP contribution in [0.3, 0.4) is 0 Å². The van der Waals surface area contributed by atoms with Crippen molar-refractivity contribution in [1.82, 2.24) is 10.2 Å². The minimum atomic E-state index is 0.0727. The Morgan fingerprint density at radius 1 is 1.33 bits per heavy atom. The van der Waals surface area contributed by atoms with Crippen LogP contribution in [-0.4, -0.2) is 51.2 Å². The van der Waals surface area contributed by atoms with Crippen LogP contribution < -0.4 is 11.1 Å². The molecular weight excluding hydrogens is 266 g/mol.